The van der Waals surface area contributed by atoms with Gasteiger partial charge in [0.15, 0.2) is 0 Å². The minimum Gasteiger partial charge on any atom is -0.497 e. The topological polar surface area (TPSA) is 74.8 Å². The number of thiazole rings is 1. The van der Waals surface area contributed by atoms with Crippen LogP contribution in [0.5, 0.6) is 5.75 Å². The van der Waals surface area contributed by atoms with Crippen molar-refractivity contribution in [3.05, 3.63) is 40.8 Å². The van der Waals surface area contributed by atoms with Gasteiger partial charge in [0.1, 0.15) is 11.8 Å². The van der Waals surface area contributed by atoms with E-state index in [0.717, 1.165) is 16.4 Å². The molecule has 7 nitrogen and oxygen atoms in total. The molecule has 0 bridgehead atoms. The SMILES string of the molecule is COc1ccc(N2CCN(C(=O)NCCc3nccs3)[C@@H](C)C2=O)cc1. The maximum atomic E-state index is 12.7. The third-order valence-electron chi connectivity index (χ3n) is 4.40. The van der Waals surface area contributed by atoms with E-state index in [1.165, 1.54) is 0 Å². The molecule has 8 heteroatoms. The van der Waals surface area contributed by atoms with Crippen LogP contribution in [0.1, 0.15) is 11.9 Å². The molecule has 1 aliphatic rings. The quantitative estimate of drug-likeness (QED) is 0.870. The second kappa shape index (κ2) is 8.18. The molecule has 3 rings (SSSR count). The first-order valence-corrected chi connectivity index (χ1v) is 9.36. The van der Waals surface area contributed by atoms with Gasteiger partial charge in [-0.2, -0.15) is 0 Å². The number of ether oxygens (including phenoxy) is 1. The summed E-state index contributed by atoms with van der Waals surface area (Å²) in [5.74, 6) is 0.656. The summed E-state index contributed by atoms with van der Waals surface area (Å²) in [6.45, 7) is 3.22. The van der Waals surface area contributed by atoms with Crippen molar-refractivity contribution in [2.75, 3.05) is 31.6 Å². The van der Waals surface area contributed by atoms with Crippen LogP contribution in [0.15, 0.2) is 35.8 Å². The van der Waals surface area contributed by atoms with E-state index in [0.29, 0.717) is 26.1 Å². The van der Waals surface area contributed by atoms with Crippen molar-refractivity contribution in [2.24, 2.45) is 0 Å². The average molecular weight is 374 g/mol. The molecule has 1 saturated heterocycles. The predicted octanol–water partition coefficient (Wildman–Crippen LogP) is 2.14. The number of urea groups is 1. The Kier molecular flexibility index (Phi) is 5.72. The molecule has 1 atom stereocenters. The van der Waals surface area contributed by atoms with Gasteiger partial charge in [0.2, 0.25) is 5.91 Å². The fourth-order valence-corrected chi connectivity index (χ4v) is 3.54. The highest BCUT2D eigenvalue weighted by Gasteiger charge is 2.34. The number of methoxy groups -OCH3 is 1. The van der Waals surface area contributed by atoms with Gasteiger partial charge in [-0.05, 0) is 31.2 Å². The lowest BCUT2D eigenvalue weighted by Crippen LogP contribution is -2.59. The minimum absolute atomic E-state index is 0.0866. The van der Waals surface area contributed by atoms with Gasteiger partial charge in [0, 0.05) is 43.3 Å². The Hall–Kier alpha value is -2.61. The van der Waals surface area contributed by atoms with E-state index in [1.807, 2.05) is 29.6 Å². The van der Waals surface area contributed by atoms with Gasteiger partial charge in [-0.3, -0.25) is 4.79 Å². The Labute approximate surface area is 156 Å². The van der Waals surface area contributed by atoms with Gasteiger partial charge in [0.05, 0.1) is 12.1 Å². The van der Waals surface area contributed by atoms with E-state index in [9.17, 15) is 9.59 Å². The largest absolute Gasteiger partial charge is 0.497 e. The first-order chi connectivity index (χ1) is 12.6. The Morgan fingerprint density at radius 3 is 2.77 bits per heavy atom. The third kappa shape index (κ3) is 3.96. The number of carbonyl (C=O) groups is 2. The van der Waals surface area contributed by atoms with Crippen LogP contribution in [0.3, 0.4) is 0 Å². The predicted molar refractivity (Wildman–Crippen MR) is 101 cm³/mol. The van der Waals surface area contributed by atoms with E-state index in [4.69, 9.17) is 4.74 Å². The number of nitrogens with zero attached hydrogens (tertiary/aromatic N) is 3. The van der Waals surface area contributed by atoms with E-state index < -0.39 is 6.04 Å². The molecule has 0 spiro atoms. The molecule has 1 N–H and O–H groups in total. The monoisotopic (exact) mass is 374 g/mol. The number of hydrogen-bond donors (Lipinski definition) is 1. The lowest BCUT2D eigenvalue weighted by atomic mass is 10.1. The van der Waals surface area contributed by atoms with Crippen LogP contribution in [0.25, 0.3) is 0 Å². The van der Waals surface area contributed by atoms with Crippen molar-refractivity contribution >= 4 is 29.0 Å². The van der Waals surface area contributed by atoms with Crippen molar-refractivity contribution in [3.8, 4) is 5.75 Å². The Morgan fingerprint density at radius 2 is 2.12 bits per heavy atom. The van der Waals surface area contributed by atoms with Gasteiger partial charge in [0.25, 0.3) is 0 Å². The molecule has 1 fully saturated rings. The molecule has 26 heavy (non-hydrogen) atoms. The van der Waals surface area contributed by atoms with Crippen molar-refractivity contribution < 1.29 is 14.3 Å². The first kappa shape index (κ1) is 18.2. The number of rotatable bonds is 5. The standard InChI is InChI=1S/C18H22N4O3S/c1-13-17(23)22(14-3-5-15(25-2)6-4-14)11-10-21(13)18(24)20-8-7-16-19-9-12-26-16/h3-6,9,12-13H,7-8,10-11H2,1-2H3,(H,20,24)/t13-/m0/s1. The molecule has 2 aromatic rings. The zero-order chi connectivity index (χ0) is 18.5. The summed E-state index contributed by atoms with van der Waals surface area (Å²) in [7, 11) is 1.61. The van der Waals surface area contributed by atoms with Crippen LogP contribution in [0, 0.1) is 0 Å². The smallest absolute Gasteiger partial charge is 0.318 e. The molecular formula is C18H22N4O3S. The summed E-state index contributed by atoms with van der Waals surface area (Å²) in [5, 5.41) is 5.78. The molecule has 0 aliphatic carbocycles. The molecule has 2 heterocycles. The highest BCUT2D eigenvalue weighted by molar-refractivity contribution is 7.09. The van der Waals surface area contributed by atoms with Gasteiger partial charge in [-0.25, -0.2) is 9.78 Å². The summed E-state index contributed by atoms with van der Waals surface area (Å²) >= 11 is 1.57. The molecule has 1 aromatic carbocycles. The minimum atomic E-state index is -0.509. The second-order valence-electron chi connectivity index (χ2n) is 5.97. The zero-order valence-corrected chi connectivity index (χ0v) is 15.7. The van der Waals surface area contributed by atoms with E-state index in [2.05, 4.69) is 10.3 Å². The number of piperazine rings is 1. The number of hydrogen-bond acceptors (Lipinski definition) is 5. The lowest BCUT2D eigenvalue weighted by Gasteiger charge is -2.39. The zero-order valence-electron chi connectivity index (χ0n) is 14.8. The van der Waals surface area contributed by atoms with E-state index >= 15 is 0 Å². The summed E-state index contributed by atoms with van der Waals surface area (Å²) in [5.41, 5.74) is 0.812. The Morgan fingerprint density at radius 1 is 1.35 bits per heavy atom. The molecule has 3 amide bonds. The number of benzene rings is 1. The number of carbonyl (C=O) groups excluding carboxylic acids is 2. The molecule has 1 aliphatic heterocycles. The maximum Gasteiger partial charge on any atom is 0.318 e. The van der Waals surface area contributed by atoms with Crippen LogP contribution >= 0.6 is 11.3 Å². The summed E-state index contributed by atoms with van der Waals surface area (Å²) < 4.78 is 5.15. The van der Waals surface area contributed by atoms with Gasteiger partial charge < -0.3 is 19.9 Å². The fourth-order valence-electron chi connectivity index (χ4n) is 2.92. The van der Waals surface area contributed by atoms with Gasteiger partial charge in [-0.1, -0.05) is 0 Å². The maximum absolute atomic E-state index is 12.7. The first-order valence-electron chi connectivity index (χ1n) is 8.48. The highest BCUT2D eigenvalue weighted by atomic mass is 32.1. The Balaban J connectivity index is 1.56. The molecule has 138 valence electrons. The van der Waals surface area contributed by atoms with Crippen LogP contribution in [-0.2, 0) is 11.2 Å². The van der Waals surface area contributed by atoms with E-state index in [-0.39, 0.29) is 11.9 Å². The van der Waals surface area contributed by atoms with Crippen LogP contribution < -0.4 is 15.0 Å². The molecule has 0 radical (unpaired) electrons. The van der Waals surface area contributed by atoms with Crippen molar-refractivity contribution in [1.82, 2.24) is 15.2 Å². The van der Waals surface area contributed by atoms with Crippen LogP contribution in [0.4, 0.5) is 10.5 Å². The van der Waals surface area contributed by atoms with Crippen molar-refractivity contribution in [2.45, 2.75) is 19.4 Å². The lowest BCUT2D eigenvalue weighted by molar-refractivity contribution is -0.124. The fraction of sp³-hybridized carbons (Fsp3) is 0.389. The molecular weight excluding hydrogens is 352 g/mol. The van der Waals surface area contributed by atoms with Crippen LogP contribution in [0.2, 0.25) is 0 Å². The number of nitrogens with one attached hydrogen (secondary N) is 1. The van der Waals surface area contributed by atoms with E-state index in [1.54, 1.807) is 41.4 Å². The van der Waals surface area contributed by atoms with Crippen molar-refractivity contribution in [1.29, 1.82) is 0 Å². The van der Waals surface area contributed by atoms with Gasteiger partial charge in [-0.15, -0.1) is 11.3 Å². The number of amides is 3. The summed E-state index contributed by atoms with van der Waals surface area (Å²) in [6, 6.07) is 6.64. The summed E-state index contributed by atoms with van der Waals surface area (Å²) in [4.78, 5) is 32.6. The van der Waals surface area contributed by atoms with Crippen LogP contribution in [-0.4, -0.2) is 54.6 Å². The average Bonchev–Trinajstić information content (AvgIpc) is 3.17. The summed E-state index contributed by atoms with van der Waals surface area (Å²) in [6.07, 6.45) is 2.44. The van der Waals surface area contributed by atoms with Crippen molar-refractivity contribution in [3.63, 3.8) is 0 Å². The number of anilines is 1. The molecule has 0 saturated carbocycles. The number of aromatic nitrogens is 1. The third-order valence-corrected chi connectivity index (χ3v) is 5.24. The normalized spacial score (nSPS) is 17.3. The van der Waals surface area contributed by atoms with Gasteiger partial charge >= 0.3 is 6.03 Å². The Bertz CT molecular complexity index is 748. The highest BCUT2D eigenvalue weighted by Crippen LogP contribution is 2.23. The molecule has 1 aromatic heterocycles. The molecule has 0 unspecified atom stereocenters. The second-order valence-corrected chi connectivity index (χ2v) is 6.94.